The minimum Gasteiger partial charge on any atom is -0.497 e. The highest BCUT2D eigenvalue weighted by Gasteiger charge is 2.25. The zero-order valence-electron chi connectivity index (χ0n) is 17.3. The van der Waals surface area contributed by atoms with Crippen molar-refractivity contribution < 1.29 is 17.9 Å². The molecule has 0 bridgehead atoms. The van der Waals surface area contributed by atoms with E-state index in [1.807, 2.05) is 54.6 Å². The molecule has 0 radical (unpaired) electrons. The van der Waals surface area contributed by atoms with Crippen LogP contribution in [0.2, 0.25) is 0 Å². The third kappa shape index (κ3) is 6.67. The van der Waals surface area contributed by atoms with Gasteiger partial charge >= 0.3 is 0 Å². The summed E-state index contributed by atoms with van der Waals surface area (Å²) in [5, 5.41) is 2.86. The van der Waals surface area contributed by atoms with Gasteiger partial charge in [-0.3, -0.25) is 4.79 Å². The predicted octanol–water partition coefficient (Wildman–Crippen LogP) is 2.94. The second-order valence-corrected chi connectivity index (χ2v) is 8.78. The summed E-state index contributed by atoms with van der Waals surface area (Å²) in [5.41, 5.74) is 1.92. The Labute approximate surface area is 183 Å². The van der Waals surface area contributed by atoms with Crippen LogP contribution in [-0.2, 0) is 27.7 Å². The molecule has 3 rings (SSSR count). The van der Waals surface area contributed by atoms with Crippen molar-refractivity contribution in [3.63, 3.8) is 0 Å². The van der Waals surface area contributed by atoms with E-state index in [-0.39, 0.29) is 17.2 Å². The van der Waals surface area contributed by atoms with Crippen LogP contribution >= 0.6 is 0 Å². The molecule has 0 saturated carbocycles. The van der Waals surface area contributed by atoms with Gasteiger partial charge in [-0.1, -0.05) is 60.7 Å². The van der Waals surface area contributed by atoms with E-state index >= 15 is 0 Å². The molecular formula is C24H26N2O4S. The van der Waals surface area contributed by atoms with E-state index < -0.39 is 16.1 Å². The lowest BCUT2D eigenvalue weighted by Crippen LogP contribution is -2.48. The van der Waals surface area contributed by atoms with Crippen molar-refractivity contribution >= 4 is 15.9 Å². The summed E-state index contributed by atoms with van der Waals surface area (Å²) in [6, 6.07) is 24.1. The second-order valence-electron chi connectivity index (χ2n) is 7.07. The number of amides is 1. The maximum atomic E-state index is 12.9. The number of benzene rings is 3. The van der Waals surface area contributed by atoms with Gasteiger partial charge in [0.05, 0.1) is 12.0 Å². The Morgan fingerprint density at radius 1 is 0.871 bits per heavy atom. The van der Waals surface area contributed by atoms with Gasteiger partial charge in [-0.25, -0.2) is 8.42 Å². The van der Waals surface area contributed by atoms with Crippen LogP contribution in [0.3, 0.4) is 0 Å². The monoisotopic (exact) mass is 438 g/mol. The molecule has 0 heterocycles. The number of rotatable bonds is 10. The number of carbonyl (C=O) groups is 1. The van der Waals surface area contributed by atoms with Crippen molar-refractivity contribution in [2.75, 3.05) is 13.7 Å². The van der Waals surface area contributed by atoms with Crippen LogP contribution in [0, 0.1) is 0 Å². The fourth-order valence-electron chi connectivity index (χ4n) is 3.14. The van der Waals surface area contributed by atoms with E-state index in [4.69, 9.17) is 4.74 Å². The van der Waals surface area contributed by atoms with Gasteiger partial charge in [-0.2, -0.15) is 4.72 Å². The molecule has 6 nitrogen and oxygen atoms in total. The number of hydrogen-bond donors (Lipinski definition) is 2. The molecule has 3 aromatic carbocycles. The van der Waals surface area contributed by atoms with Crippen LogP contribution in [0.5, 0.6) is 5.75 Å². The first kappa shape index (κ1) is 22.5. The first-order chi connectivity index (χ1) is 15.0. The van der Waals surface area contributed by atoms with Crippen LogP contribution in [0.15, 0.2) is 89.8 Å². The van der Waals surface area contributed by atoms with Gasteiger partial charge in [-0.15, -0.1) is 0 Å². The summed E-state index contributed by atoms with van der Waals surface area (Å²) in [6.07, 6.45) is 0.875. The number of nitrogens with one attached hydrogen (secondary N) is 2. The molecule has 0 aliphatic heterocycles. The summed E-state index contributed by atoms with van der Waals surface area (Å²) < 4.78 is 33.3. The molecule has 1 atom stereocenters. The van der Waals surface area contributed by atoms with Crippen LogP contribution in [0.25, 0.3) is 0 Å². The van der Waals surface area contributed by atoms with Gasteiger partial charge in [0.1, 0.15) is 11.8 Å². The molecule has 0 aliphatic rings. The molecule has 0 spiro atoms. The molecule has 3 aromatic rings. The maximum absolute atomic E-state index is 12.9. The zero-order valence-corrected chi connectivity index (χ0v) is 18.1. The van der Waals surface area contributed by atoms with E-state index in [0.29, 0.717) is 13.0 Å². The fourth-order valence-corrected chi connectivity index (χ4v) is 4.35. The van der Waals surface area contributed by atoms with Gasteiger partial charge < -0.3 is 10.1 Å². The largest absolute Gasteiger partial charge is 0.497 e. The molecular weight excluding hydrogens is 412 g/mol. The number of methoxy groups -OCH3 is 1. The topological polar surface area (TPSA) is 84.5 Å². The van der Waals surface area contributed by atoms with Gasteiger partial charge in [0.2, 0.25) is 15.9 Å². The highest BCUT2D eigenvalue weighted by Crippen LogP contribution is 2.12. The van der Waals surface area contributed by atoms with Crippen molar-refractivity contribution in [1.29, 1.82) is 0 Å². The molecule has 162 valence electrons. The number of carbonyl (C=O) groups excluding carboxylic acids is 1. The summed E-state index contributed by atoms with van der Waals surface area (Å²) in [6.45, 7) is 0.392. The highest BCUT2D eigenvalue weighted by molar-refractivity contribution is 7.89. The minimum absolute atomic E-state index is 0.124. The SMILES string of the molecule is COc1ccc(CCNC(=O)[C@H](Cc2ccccc2)NS(=O)(=O)c2ccccc2)cc1. The van der Waals surface area contributed by atoms with Gasteiger partial charge in [0.25, 0.3) is 0 Å². The summed E-state index contributed by atoms with van der Waals surface area (Å²) in [4.78, 5) is 13.0. The lowest BCUT2D eigenvalue weighted by Gasteiger charge is -2.19. The van der Waals surface area contributed by atoms with E-state index in [2.05, 4.69) is 10.0 Å². The molecule has 0 saturated heterocycles. The average Bonchev–Trinajstić information content (AvgIpc) is 2.80. The summed E-state index contributed by atoms with van der Waals surface area (Å²) >= 11 is 0. The normalized spacial score (nSPS) is 12.2. The molecule has 1 amide bonds. The van der Waals surface area contributed by atoms with Gasteiger partial charge in [0, 0.05) is 6.54 Å². The molecule has 31 heavy (non-hydrogen) atoms. The lowest BCUT2D eigenvalue weighted by atomic mass is 10.1. The molecule has 2 N–H and O–H groups in total. The molecule has 0 fully saturated rings. The van der Waals surface area contributed by atoms with E-state index in [1.165, 1.54) is 12.1 Å². The Morgan fingerprint density at radius 3 is 2.10 bits per heavy atom. The van der Waals surface area contributed by atoms with Crippen molar-refractivity contribution in [2.45, 2.75) is 23.8 Å². The molecule has 7 heteroatoms. The second kappa shape index (κ2) is 10.7. The van der Waals surface area contributed by atoms with E-state index in [1.54, 1.807) is 25.3 Å². The number of ether oxygens (including phenoxy) is 1. The van der Waals surface area contributed by atoms with Crippen LogP contribution in [0.4, 0.5) is 0 Å². The minimum atomic E-state index is -3.83. The Bertz CT molecular complexity index is 1070. The van der Waals surface area contributed by atoms with Crippen molar-refractivity contribution in [3.05, 3.63) is 96.1 Å². The third-order valence-electron chi connectivity index (χ3n) is 4.82. The predicted molar refractivity (Wildman–Crippen MR) is 120 cm³/mol. The molecule has 0 aliphatic carbocycles. The van der Waals surface area contributed by atoms with Gasteiger partial charge in [0.15, 0.2) is 0 Å². The maximum Gasteiger partial charge on any atom is 0.241 e. The zero-order chi connectivity index (χ0) is 22.1. The van der Waals surface area contributed by atoms with E-state index in [0.717, 1.165) is 16.9 Å². The molecule has 0 unspecified atom stereocenters. The Balaban J connectivity index is 1.68. The lowest BCUT2D eigenvalue weighted by molar-refractivity contribution is -0.122. The Hall–Kier alpha value is -3.16. The Morgan fingerprint density at radius 2 is 1.48 bits per heavy atom. The van der Waals surface area contributed by atoms with Crippen LogP contribution in [0.1, 0.15) is 11.1 Å². The van der Waals surface area contributed by atoms with Crippen molar-refractivity contribution in [3.8, 4) is 5.75 Å². The van der Waals surface area contributed by atoms with Gasteiger partial charge in [-0.05, 0) is 48.2 Å². The standard InChI is InChI=1S/C24H26N2O4S/c1-30-21-14-12-19(13-15-21)16-17-25-24(27)23(18-20-8-4-2-5-9-20)26-31(28,29)22-10-6-3-7-11-22/h2-15,23,26H,16-18H2,1H3,(H,25,27)/t23-/m0/s1. The van der Waals surface area contributed by atoms with E-state index in [9.17, 15) is 13.2 Å². The first-order valence-electron chi connectivity index (χ1n) is 10.00. The molecule has 0 aromatic heterocycles. The van der Waals surface area contributed by atoms with Crippen molar-refractivity contribution in [2.24, 2.45) is 0 Å². The quantitative estimate of drug-likeness (QED) is 0.510. The van der Waals surface area contributed by atoms with Crippen molar-refractivity contribution in [1.82, 2.24) is 10.0 Å². The summed E-state index contributed by atoms with van der Waals surface area (Å²) in [5.74, 6) is 0.405. The average molecular weight is 439 g/mol. The number of hydrogen-bond acceptors (Lipinski definition) is 4. The van der Waals surface area contributed by atoms with Crippen LogP contribution < -0.4 is 14.8 Å². The third-order valence-corrected chi connectivity index (χ3v) is 6.31. The summed E-state index contributed by atoms with van der Waals surface area (Å²) in [7, 11) is -2.22. The smallest absolute Gasteiger partial charge is 0.241 e. The first-order valence-corrected chi connectivity index (χ1v) is 11.5. The Kier molecular flexibility index (Phi) is 7.81. The fraction of sp³-hybridized carbons (Fsp3) is 0.208. The highest BCUT2D eigenvalue weighted by atomic mass is 32.2. The number of sulfonamides is 1. The van der Waals surface area contributed by atoms with Crippen LogP contribution in [-0.4, -0.2) is 34.0 Å².